The zero-order chi connectivity index (χ0) is 13.1. The molecule has 0 aromatic carbocycles. The third-order valence-electron chi connectivity index (χ3n) is 2.16. The van der Waals surface area contributed by atoms with Gasteiger partial charge in [0.05, 0.1) is 0 Å². The van der Waals surface area contributed by atoms with Crippen molar-refractivity contribution in [3.63, 3.8) is 0 Å². The molecule has 2 N–H and O–H groups in total. The fourth-order valence-electron chi connectivity index (χ4n) is 1.25. The van der Waals surface area contributed by atoms with Crippen LogP contribution in [0.25, 0.3) is 0 Å². The number of pyridine rings is 1. The zero-order valence-corrected chi connectivity index (χ0v) is 10.2. The quantitative estimate of drug-likeness (QED) is 0.880. The lowest BCUT2D eigenvalue weighted by Crippen LogP contribution is -2.14. The molecule has 0 fully saturated rings. The number of aryl methyl sites for hydroxylation is 1. The molecule has 0 atom stereocenters. The van der Waals surface area contributed by atoms with Gasteiger partial charge in [0, 0.05) is 11.6 Å². The first-order chi connectivity index (χ1) is 8.58. The number of amides is 1. The van der Waals surface area contributed by atoms with Crippen LogP contribution < -0.4 is 5.32 Å². The third-order valence-corrected chi connectivity index (χ3v) is 3.00. The maximum Gasteiger partial charge on any atom is 0.355 e. The fraction of sp³-hybridized carbons (Fsp3) is 0.0909. The van der Waals surface area contributed by atoms with E-state index >= 15 is 0 Å². The monoisotopic (exact) mass is 263 g/mol. The van der Waals surface area contributed by atoms with Crippen LogP contribution in [0.4, 0.5) is 5.82 Å². The molecular weight excluding hydrogens is 254 g/mol. The van der Waals surface area contributed by atoms with Crippen LogP contribution in [0.2, 0.25) is 0 Å². The van der Waals surface area contributed by atoms with Crippen LogP contribution in [0.3, 0.4) is 0 Å². The van der Waals surface area contributed by atoms with Gasteiger partial charge in [-0.1, -0.05) is 6.07 Å². The topological polar surface area (TPSA) is 92.2 Å². The second-order valence-corrected chi connectivity index (χ2v) is 4.32. The van der Waals surface area contributed by atoms with E-state index in [1.54, 1.807) is 12.3 Å². The van der Waals surface area contributed by atoms with Crippen molar-refractivity contribution in [3.8, 4) is 0 Å². The van der Waals surface area contributed by atoms with Gasteiger partial charge >= 0.3 is 5.97 Å². The number of thiazole rings is 1. The van der Waals surface area contributed by atoms with Gasteiger partial charge in [-0.3, -0.25) is 4.79 Å². The van der Waals surface area contributed by atoms with Gasteiger partial charge in [0.15, 0.2) is 10.7 Å². The molecule has 2 aromatic rings. The number of nitrogens with one attached hydrogen (secondary N) is 1. The van der Waals surface area contributed by atoms with E-state index in [1.165, 1.54) is 5.38 Å². The third kappa shape index (κ3) is 2.51. The molecule has 0 aliphatic heterocycles. The van der Waals surface area contributed by atoms with Crippen molar-refractivity contribution in [2.45, 2.75) is 6.92 Å². The Morgan fingerprint density at radius 2 is 2.22 bits per heavy atom. The Kier molecular flexibility index (Phi) is 3.33. The summed E-state index contributed by atoms with van der Waals surface area (Å²) in [6.07, 6.45) is 1.56. The molecule has 0 unspecified atom stereocenters. The Bertz CT molecular complexity index is 609. The van der Waals surface area contributed by atoms with E-state index in [2.05, 4.69) is 15.3 Å². The Morgan fingerprint density at radius 1 is 1.44 bits per heavy atom. The molecular formula is C11H9N3O3S. The summed E-state index contributed by atoms with van der Waals surface area (Å²) < 4.78 is 0. The van der Waals surface area contributed by atoms with Crippen LogP contribution in [-0.2, 0) is 0 Å². The number of anilines is 1. The van der Waals surface area contributed by atoms with E-state index in [4.69, 9.17) is 5.11 Å². The standard InChI is InChI=1S/C11H9N3O3S/c1-6-3-2-4-12-8(6)14-9(15)10-13-7(5-18-10)11(16)17/h2-5H,1H3,(H,16,17)(H,12,14,15). The number of rotatable bonds is 3. The molecule has 2 rings (SSSR count). The van der Waals surface area contributed by atoms with Crippen molar-refractivity contribution in [2.24, 2.45) is 0 Å². The molecule has 92 valence electrons. The average molecular weight is 263 g/mol. The van der Waals surface area contributed by atoms with Gasteiger partial charge in [-0.05, 0) is 18.6 Å². The molecule has 0 saturated heterocycles. The Balaban J connectivity index is 2.17. The van der Waals surface area contributed by atoms with E-state index in [0.29, 0.717) is 5.82 Å². The van der Waals surface area contributed by atoms with Crippen molar-refractivity contribution in [3.05, 3.63) is 40.0 Å². The van der Waals surface area contributed by atoms with E-state index in [1.807, 2.05) is 13.0 Å². The lowest BCUT2D eigenvalue weighted by molar-refractivity contribution is 0.0691. The van der Waals surface area contributed by atoms with Gasteiger partial charge in [0.25, 0.3) is 5.91 Å². The van der Waals surface area contributed by atoms with Crippen LogP contribution in [0.5, 0.6) is 0 Å². The average Bonchev–Trinajstić information content (AvgIpc) is 2.81. The summed E-state index contributed by atoms with van der Waals surface area (Å²) in [5.41, 5.74) is 0.684. The lowest BCUT2D eigenvalue weighted by Gasteiger charge is -2.04. The maximum atomic E-state index is 11.8. The predicted molar refractivity (Wildman–Crippen MR) is 66.0 cm³/mol. The van der Waals surface area contributed by atoms with Crippen LogP contribution in [0.15, 0.2) is 23.7 Å². The fourth-order valence-corrected chi connectivity index (χ4v) is 1.94. The SMILES string of the molecule is Cc1cccnc1NC(=O)c1nc(C(=O)O)cs1. The molecule has 0 radical (unpaired) electrons. The van der Waals surface area contributed by atoms with E-state index < -0.39 is 11.9 Å². The molecule has 0 aliphatic rings. The van der Waals surface area contributed by atoms with Crippen LogP contribution in [-0.4, -0.2) is 27.0 Å². The molecule has 0 bridgehead atoms. The number of aromatic nitrogens is 2. The van der Waals surface area contributed by atoms with Gasteiger partial charge in [-0.25, -0.2) is 14.8 Å². The van der Waals surface area contributed by atoms with Crippen molar-refractivity contribution >= 4 is 29.0 Å². The summed E-state index contributed by atoms with van der Waals surface area (Å²) in [4.78, 5) is 30.2. The Labute approximate surface area is 106 Å². The Morgan fingerprint density at radius 3 is 2.83 bits per heavy atom. The van der Waals surface area contributed by atoms with Crippen molar-refractivity contribution in [2.75, 3.05) is 5.32 Å². The highest BCUT2D eigenvalue weighted by Crippen LogP contribution is 2.14. The Hall–Kier alpha value is -2.28. The minimum absolute atomic E-state index is 0.0949. The molecule has 2 heterocycles. The van der Waals surface area contributed by atoms with Crippen LogP contribution in [0, 0.1) is 6.92 Å². The second-order valence-electron chi connectivity index (χ2n) is 3.47. The highest BCUT2D eigenvalue weighted by molar-refractivity contribution is 7.12. The molecule has 2 aromatic heterocycles. The van der Waals surface area contributed by atoms with Gasteiger partial charge in [-0.15, -0.1) is 11.3 Å². The number of hydrogen-bond acceptors (Lipinski definition) is 5. The lowest BCUT2D eigenvalue weighted by atomic mass is 10.3. The highest BCUT2D eigenvalue weighted by atomic mass is 32.1. The molecule has 1 amide bonds. The summed E-state index contributed by atoms with van der Waals surface area (Å²) >= 11 is 0.979. The predicted octanol–water partition coefficient (Wildman–Crippen LogP) is 1.80. The second kappa shape index (κ2) is 4.92. The van der Waals surface area contributed by atoms with Crippen LogP contribution >= 0.6 is 11.3 Å². The molecule has 0 saturated carbocycles. The first kappa shape index (κ1) is 12.2. The molecule has 0 spiro atoms. The number of carboxylic acids is 1. The van der Waals surface area contributed by atoms with Crippen LogP contribution in [0.1, 0.15) is 25.9 Å². The van der Waals surface area contributed by atoms with E-state index in [-0.39, 0.29) is 10.7 Å². The summed E-state index contributed by atoms with van der Waals surface area (Å²) in [6, 6.07) is 3.57. The van der Waals surface area contributed by atoms with Crippen molar-refractivity contribution in [1.29, 1.82) is 0 Å². The maximum absolute atomic E-state index is 11.8. The summed E-state index contributed by atoms with van der Waals surface area (Å²) in [5.74, 6) is -1.18. The molecule has 6 nitrogen and oxygen atoms in total. The van der Waals surface area contributed by atoms with Gasteiger partial charge in [0.1, 0.15) is 5.82 Å². The summed E-state index contributed by atoms with van der Waals surface area (Å²) in [6.45, 7) is 1.81. The molecule has 18 heavy (non-hydrogen) atoms. The minimum Gasteiger partial charge on any atom is -0.476 e. The number of carbonyl (C=O) groups is 2. The normalized spacial score (nSPS) is 10.1. The van der Waals surface area contributed by atoms with Crippen molar-refractivity contribution < 1.29 is 14.7 Å². The largest absolute Gasteiger partial charge is 0.476 e. The zero-order valence-electron chi connectivity index (χ0n) is 9.38. The number of aromatic carboxylic acids is 1. The number of carbonyl (C=O) groups excluding carboxylic acids is 1. The first-order valence-corrected chi connectivity index (χ1v) is 5.87. The van der Waals surface area contributed by atoms with Gasteiger partial charge < -0.3 is 10.4 Å². The van der Waals surface area contributed by atoms with Gasteiger partial charge in [-0.2, -0.15) is 0 Å². The summed E-state index contributed by atoms with van der Waals surface area (Å²) in [5, 5.41) is 12.7. The van der Waals surface area contributed by atoms with E-state index in [0.717, 1.165) is 16.9 Å². The first-order valence-electron chi connectivity index (χ1n) is 4.99. The number of nitrogens with zero attached hydrogens (tertiary/aromatic N) is 2. The number of hydrogen-bond donors (Lipinski definition) is 2. The molecule has 7 heteroatoms. The van der Waals surface area contributed by atoms with Gasteiger partial charge in [0.2, 0.25) is 0 Å². The summed E-state index contributed by atoms with van der Waals surface area (Å²) in [7, 11) is 0. The molecule has 0 aliphatic carbocycles. The van der Waals surface area contributed by atoms with E-state index in [9.17, 15) is 9.59 Å². The minimum atomic E-state index is -1.15. The van der Waals surface area contributed by atoms with Crippen molar-refractivity contribution in [1.82, 2.24) is 9.97 Å². The smallest absolute Gasteiger partial charge is 0.355 e. The highest BCUT2D eigenvalue weighted by Gasteiger charge is 2.15. The number of carboxylic acid groups (broad SMARTS) is 1.